The van der Waals surface area contributed by atoms with Gasteiger partial charge >= 0.3 is 5.97 Å². The van der Waals surface area contributed by atoms with Crippen LogP contribution in [0.25, 0.3) is 11.3 Å². The molecule has 156 valence electrons. The molecule has 6 nitrogen and oxygen atoms in total. The number of rotatable bonds is 6. The van der Waals surface area contributed by atoms with Crippen molar-refractivity contribution in [1.29, 1.82) is 0 Å². The van der Waals surface area contributed by atoms with E-state index in [2.05, 4.69) is 0 Å². The van der Waals surface area contributed by atoms with Gasteiger partial charge in [-0.15, -0.1) is 0 Å². The Labute approximate surface area is 181 Å². The Morgan fingerprint density at radius 3 is 2.26 bits per heavy atom. The molecule has 0 aliphatic carbocycles. The largest absolute Gasteiger partial charge is 0.772 e. The molecule has 1 heterocycles. The highest BCUT2D eigenvalue weighted by molar-refractivity contribution is 7.78. The Morgan fingerprint density at radius 2 is 1.65 bits per heavy atom. The molecule has 3 aromatic carbocycles. The van der Waals surface area contributed by atoms with Crippen molar-refractivity contribution in [1.82, 2.24) is 0 Å². The van der Waals surface area contributed by atoms with Gasteiger partial charge in [-0.1, -0.05) is 65.7 Å². The number of aromatic carboxylic acids is 1. The number of carbonyl (C=O) groups is 2. The summed E-state index contributed by atoms with van der Waals surface area (Å²) < 4.78 is 28.1. The number of para-hydroxylation sites is 1. The zero-order chi connectivity index (χ0) is 22.0. The van der Waals surface area contributed by atoms with Crippen LogP contribution in [0.2, 0.25) is 0 Å². The SMILES string of the molecule is O=CC1C(c2ccc(C(=O)O)cc2)=C(c2ccc(CS(=O)[O-])cc2)Oc2ccccc21. The Bertz CT molecular complexity index is 1200. The lowest BCUT2D eigenvalue weighted by molar-refractivity contribution is -0.108. The van der Waals surface area contributed by atoms with E-state index >= 15 is 0 Å². The van der Waals surface area contributed by atoms with Crippen LogP contribution in [0, 0.1) is 0 Å². The fraction of sp³-hybridized carbons (Fsp3) is 0.0833. The molecule has 0 aromatic heterocycles. The van der Waals surface area contributed by atoms with Crippen LogP contribution in [0.5, 0.6) is 5.75 Å². The number of hydrogen-bond acceptors (Lipinski definition) is 5. The number of hydrogen-bond donors (Lipinski definition) is 1. The lowest BCUT2D eigenvalue weighted by atomic mass is 9.83. The summed E-state index contributed by atoms with van der Waals surface area (Å²) in [6.07, 6.45) is 0.844. The minimum absolute atomic E-state index is 0.0938. The molecule has 0 fully saturated rings. The van der Waals surface area contributed by atoms with Crippen LogP contribution in [-0.4, -0.2) is 26.1 Å². The first-order valence-electron chi connectivity index (χ1n) is 9.43. The van der Waals surface area contributed by atoms with E-state index < -0.39 is 23.0 Å². The molecule has 1 N–H and O–H groups in total. The van der Waals surface area contributed by atoms with Gasteiger partial charge in [0, 0.05) is 22.5 Å². The minimum Gasteiger partial charge on any atom is -0.772 e. The van der Waals surface area contributed by atoms with Gasteiger partial charge in [0.05, 0.1) is 11.5 Å². The van der Waals surface area contributed by atoms with Gasteiger partial charge in [0.25, 0.3) is 0 Å². The van der Waals surface area contributed by atoms with Crippen molar-refractivity contribution in [3.63, 3.8) is 0 Å². The number of allylic oxidation sites excluding steroid dienone is 1. The number of carbonyl (C=O) groups excluding carboxylic acids is 1. The van der Waals surface area contributed by atoms with Gasteiger partial charge in [-0.25, -0.2) is 4.79 Å². The molecule has 0 radical (unpaired) electrons. The summed E-state index contributed by atoms with van der Waals surface area (Å²) in [6, 6.07) is 20.4. The second kappa shape index (κ2) is 8.67. The molecule has 31 heavy (non-hydrogen) atoms. The summed E-state index contributed by atoms with van der Waals surface area (Å²) in [5.74, 6) is -0.712. The van der Waals surface area contributed by atoms with Gasteiger partial charge in [0.1, 0.15) is 17.8 Å². The van der Waals surface area contributed by atoms with E-state index in [0.29, 0.717) is 33.8 Å². The summed E-state index contributed by atoms with van der Waals surface area (Å²) in [5.41, 5.74) is 3.45. The number of aldehydes is 1. The highest BCUT2D eigenvalue weighted by Gasteiger charge is 2.31. The van der Waals surface area contributed by atoms with E-state index in [0.717, 1.165) is 11.8 Å². The molecule has 4 rings (SSSR count). The van der Waals surface area contributed by atoms with Gasteiger partial charge in [-0.3, -0.25) is 4.21 Å². The van der Waals surface area contributed by atoms with Gasteiger partial charge in [-0.05, 0) is 29.3 Å². The lowest BCUT2D eigenvalue weighted by Gasteiger charge is -2.28. The number of fused-ring (bicyclic) bond motifs is 1. The maximum atomic E-state index is 12.2. The lowest BCUT2D eigenvalue weighted by Crippen LogP contribution is -2.16. The topological polar surface area (TPSA) is 104 Å². The van der Waals surface area contributed by atoms with Crippen LogP contribution in [-0.2, 0) is 21.6 Å². The smallest absolute Gasteiger partial charge is 0.335 e. The fourth-order valence-electron chi connectivity index (χ4n) is 3.64. The highest BCUT2D eigenvalue weighted by atomic mass is 32.2. The molecule has 7 heteroatoms. The highest BCUT2D eigenvalue weighted by Crippen LogP contribution is 2.45. The maximum Gasteiger partial charge on any atom is 0.335 e. The molecule has 0 saturated heterocycles. The van der Waals surface area contributed by atoms with Crippen molar-refractivity contribution in [2.45, 2.75) is 11.7 Å². The summed E-state index contributed by atoms with van der Waals surface area (Å²) in [5, 5.41) is 9.20. The number of ether oxygens (including phenoxy) is 1. The first-order valence-corrected chi connectivity index (χ1v) is 10.7. The van der Waals surface area contributed by atoms with E-state index in [1.165, 1.54) is 12.1 Å². The first-order chi connectivity index (χ1) is 15.0. The Hall–Kier alpha value is -3.55. The molecule has 0 saturated carbocycles. The van der Waals surface area contributed by atoms with Crippen LogP contribution in [0.15, 0.2) is 72.8 Å². The van der Waals surface area contributed by atoms with Crippen molar-refractivity contribution in [2.75, 3.05) is 0 Å². The quantitative estimate of drug-likeness (QED) is 0.465. The molecule has 1 aliphatic heterocycles. The molecule has 3 aromatic rings. The van der Waals surface area contributed by atoms with Crippen molar-refractivity contribution < 1.29 is 28.2 Å². The van der Waals surface area contributed by atoms with E-state index in [4.69, 9.17) is 4.74 Å². The zero-order valence-corrected chi connectivity index (χ0v) is 17.0. The van der Waals surface area contributed by atoms with Crippen molar-refractivity contribution in [3.05, 3.63) is 101 Å². The van der Waals surface area contributed by atoms with Crippen LogP contribution >= 0.6 is 0 Å². The predicted molar refractivity (Wildman–Crippen MR) is 115 cm³/mol. The van der Waals surface area contributed by atoms with Gasteiger partial charge in [0.2, 0.25) is 0 Å². The van der Waals surface area contributed by atoms with Crippen molar-refractivity contribution >= 4 is 34.7 Å². The van der Waals surface area contributed by atoms with E-state index in [9.17, 15) is 23.5 Å². The Balaban J connectivity index is 1.88. The minimum atomic E-state index is -2.20. The van der Waals surface area contributed by atoms with Gasteiger partial charge in [-0.2, -0.15) is 0 Å². The molecular weight excluding hydrogens is 416 g/mol. The fourth-order valence-corrected chi connectivity index (χ4v) is 4.10. The van der Waals surface area contributed by atoms with Crippen molar-refractivity contribution in [3.8, 4) is 5.75 Å². The maximum absolute atomic E-state index is 12.2. The number of benzene rings is 3. The first kappa shape index (κ1) is 20.7. The third-order valence-corrected chi connectivity index (χ3v) is 5.67. The van der Waals surface area contributed by atoms with Crippen molar-refractivity contribution in [2.24, 2.45) is 0 Å². The van der Waals surface area contributed by atoms with E-state index in [1.54, 1.807) is 42.5 Å². The summed E-state index contributed by atoms with van der Waals surface area (Å²) in [7, 11) is 0. The molecule has 1 aliphatic rings. The molecule has 2 unspecified atom stereocenters. The average molecular weight is 433 g/mol. The molecule has 0 bridgehead atoms. The second-order valence-electron chi connectivity index (χ2n) is 7.02. The summed E-state index contributed by atoms with van der Waals surface area (Å²) in [4.78, 5) is 23.4. The number of carboxylic acid groups (broad SMARTS) is 1. The molecule has 0 spiro atoms. The number of carboxylic acids is 1. The van der Waals surface area contributed by atoms with Crippen LogP contribution in [0.4, 0.5) is 0 Å². The third kappa shape index (κ3) is 4.19. The van der Waals surface area contributed by atoms with E-state index in [-0.39, 0.29) is 11.3 Å². The normalized spacial score (nSPS) is 16.2. The van der Waals surface area contributed by atoms with E-state index in [1.807, 2.05) is 18.2 Å². The third-order valence-electron chi connectivity index (χ3n) is 5.10. The van der Waals surface area contributed by atoms with Crippen LogP contribution < -0.4 is 4.74 Å². The predicted octanol–water partition coefficient (Wildman–Crippen LogP) is 4.01. The summed E-state index contributed by atoms with van der Waals surface area (Å²) >= 11 is -2.20. The molecular formula is C24H17O6S-. The van der Waals surface area contributed by atoms with Crippen LogP contribution in [0.3, 0.4) is 0 Å². The Morgan fingerprint density at radius 1 is 1.00 bits per heavy atom. The van der Waals surface area contributed by atoms with Gasteiger partial charge in [0.15, 0.2) is 0 Å². The molecule has 0 amide bonds. The monoisotopic (exact) mass is 433 g/mol. The zero-order valence-electron chi connectivity index (χ0n) is 16.2. The summed E-state index contributed by atoms with van der Waals surface area (Å²) in [6.45, 7) is 0. The Kier molecular flexibility index (Phi) is 5.79. The van der Waals surface area contributed by atoms with Crippen LogP contribution in [0.1, 0.15) is 38.5 Å². The average Bonchev–Trinajstić information content (AvgIpc) is 2.78. The molecule has 2 atom stereocenters. The second-order valence-corrected chi connectivity index (χ2v) is 7.92. The van der Waals surface area contributed by atoms with Gasteiger partial charge < -0.3 is 19.2 Å². The standard InChI is InChI=1S/C24H18O6S/c25-13-20-19-3-1-2-4-21(19)30-23(17-7-5-15(6-8-17)14-31(28)29)22(20)16-9-11-18(12-10-16)24(26)27/h1-13,20H,14H2,(H,26,27)(H,28,29)/p-1.